The number of nitrogens with one attached hydrogen (secondary N) is 4. The lowest BCUT2D eigenvalue weighted by Gasteiger charge is -2.21. The summed E-state index contributed by atoms with van der Waals surface area (Å²) >= 11 is 0. The number of para-hydroxylation sites is 4. The normalized spacial score (nSPS) is 11.0. The first-order valence-electron chi connectivity index (χ1n) is 13.9. The van der Waals surface area contributed by atoms with Crippen LogP contribution in [0.5, 0.6) is 0 Å². The van der Waals surface area contributed by atoms with Crippen LogP contribution in [-0.2, 0) is 13.1 Å². The quantitative estimate of drug-likeness (QED) is 0.0981. The van der Waals surface area contributed by atoms with Gasteiger partial charge in [0.15, 0.2) is 0 Å². The van der Waals surface area contributed by atoms with Gasteiger partial charge < -0.3 is 32.7 Å². The van der Waals surface area contributed by atoms with Crippen LogP contribution >= 0.6 is 0 Å². The Morgan fingerprint density at radius 3 is 1.17 bits per heavy atom. The molecule has 0 aromatic heterocycles. The van der Waals surface area contributed by atoms with Crippen molar-refractivity contribution < 1.29 is 9.59 Å². The molecular formula is C34H36N6O2. The van der Waals surface area contributed by atoms with Gasteiger partial charge in [-0.2, -0.15) is 0 Å². The third-order valence-electron chi connectivity index (χ3n) is 7.84. The Kier molecular flexibility index (Phi) is 7.88. The Balaban J connectivity index is 1.54. The van der Waals surface area contributed by atoms with Crippen LogP contribution in [0.3, 0.4) is 0 Å². The molecule has 0 heterocycles. The lowest BCUT2D eigenvalue weighted by atomic mass is 9.87. The van der Waals surface area contributed by atoms with Crippen LogP contribution in [-0.4, -0.2) is 12.1 Å². The standard InChI is InChI=1S/C34H36N6O2/c1-19-13-23-24(14-20(19)2)28(18-38-34(42)40-32-12-8-6-10-30(32)36)26-16-22(4)21(3)15-25(26)27(23)17-37-33(41)39-31-11-7-5-9-29(31)35/h5-16H,17-18,35-36H2,1-4H3,(H2,37,39,41)(H2,38,40,42). The first-order chi connectivity index (χ1) is 20.1. The molecule has 0 unspecified atom stereocenters. The molecule has 214 valence electrons. The summed E-state index contributed by atoms with van der Waals surface area (Å²) in [4.78, 5) is 25.9. The van der Waals surface area contributed by atoms with Crippen molar-refractivity contribution in [2.24, 2.45) is 0 Å². The summed E-state index contributed by atoms with van der Waals surface area (Å²) in [6.07, 6.45) is 0. The van der Waals surface area contributed by atoms with Gasteiger partial charge in [0.05, 0.1) is 22.7 Å². The van der Waals surface area contributed by atoms with E-state index in [0.29, 0.717) is 35.8 Å². The molecule has 0 aliphatic rings. The van der Waals surface area contributed by atoms with Crippen molar-refractivity contribution in [3.8, 4) is 0 Å². The van der Waals surface area contributed by atoms with E-state index in [1.165, 1.54) is 0 Å². The Morgan fingerprint density at radius 2 is 0.857 bits per heavy atom. The van der Waals surface area contributed by atoms with E-state index in [1.54, 1.807) is 24.3 Å². The lowest BCUT2D eigenvalue weighted by Crippen LogP contribution is -2.29. The zero-order valence-corrected chi connectivity index (χ0v) is 24.3. The Hall–Kier alpha value is -5.24. The van der Waals surface area contributed by atoms with E-state index in [2.05, 4.69) is 73.2 Å². The minimum Gasteiger partial charge on any atom is -0.397 e. The number of benzene rings is 5. The molecule has 5 rings (SSSR count). The fourth-order valence-electron chi connectivity index (χ4n) is 5.19. The average Bonchev–Trinajstić information content (AvgIpc) is 2.95. The summed E-state index contributed by atoms with van der Waals surface area (Å²) in [5, 5.41) is 15.9. The van der Waals surface area contributed by atoms with Crippen LogP contribution in [0, 0.1) is 27.7 Å². The number of nitrogens with two attached hydrogens (primary N) is 2. The molecule has 0 aliphatic carbocycles. The molecule has 0 saturated carbocycles. The summed E-state index contributed by atoms with van der Waals surface area (Å²) in [5.41, 5.74) is 20.7. The zero-order chi connectivity index (χ0) is 30.0. The topological polar surface area (TPSA) is 134 Å². The fourth-order valence-corrected chi connectivity index (χ4v) is 5.19. The number of rotatable bonds is 6. The van der Waals surface area contributed by atoms with E-state index < -0.39 is 0 Å². The number of urea groups is 2. The lowest BCUT2D eigenvalue weighted by molar-refractivity contribution is 0.251. The number of fused-ring (bicyclic) bond motifs is 2. The van der Waals surface area contributed by atoms with Crippen molar-refractivity contribution >= 4 is 56.4 Å². The van der Waals surface area contributed by atoms with Crippen molar-refractivity contribution in [2.45, 2.75) is 40.8 Å². The van der Waals surface area contributed by atoms with Crippen molar-refractivity contribution in [1.82, 2.24) is 10.6 Å². The second-order valence-electron chi connectivity index (χ2n) is 10.7. The number of amides is 4. The maximum Gasteiger partial charge on any atom is 0.319 e. The van der Waals surface area contributed by atoms with Gasteiger partial charge in [0.2, 0.25) is 0 Å². The minimum absolute atomic E-state index is 0.304. The van der Waals surface area contributed by atoms with Gasteiger partial charge in [-0.25, -0.2) is 9.59 Å². The van der Waals surface area contributed by atoms with E-state index >= 15 is 0 Å². The number of hydrogen-bond donors (Lipinski definition) is 6. The number of hydrogen-bond acceptors (Lipinski definition) is 4. The molecule has 0 atom stereocenters. The molecule has 42 heavy (non-hydrogen) atoms. The highest BCUT2D eigenvalue weighted by molar-refractivity contribution is 6.07. The van der Waals surface area contributed by atoms with Crippen LogP contribution < -0.4 is 32.7 Å². The smallest absolute Gasteiger partial charge is 0.319 e. The summed E-state index contributed by atoms with van der Waals surface area (Å²) < 4.78 is 0. The fraction of sp³-hybridized carbons (Fsp3) is 0.176. The average molecular weight is 561 g/mol. The van der Waals surface area contributed by atoms with E-state index in [1.807, 2.05) is 24.3 Å². The SMILES string of the molecule is Cc1cc2c(CNC(=O)Nc3ccccc3N)c3cc(C)c(C)cc3c(CNC(=O)Nc3ccccc3N)c2cc1C. The van der Waals surface area contributed by atoms with Crippen LogP contribution in [0.25, 0.3) is 21.5 Å². The predicted molar refractivity (Wildman–Crippen MR) is 174 cm³/mol. The van der Waals surface area contributed by atoms with Crippen molar-refractivity contribution in [2.75, 3.05) is 22.1 Å². The predicted octanol–water partition coefficient (Wildman–Crippen LogP) is 7.03. The van der Waals surface area contributed by atoms with E-state index in [0.717, 1.165) is 54.9 Å². The van der Waals surface area contributed by atoms with Crippen molar-refractivity contribution in [3.05, 3.63) is 106 Å². The van der Waals surface area contributed by atoms with Crippen LogP contribution in [0.15, 0.2) is 72.8 Å². The molecule has 0 radical (unpaired) electrons. The minimum atomic E-state index is -0.343. The maximum absolute atomic E-state index is 12.9. The molecule has 5 aromatic carbocycles. The largest absolute Gasteiger partial charge is 0.397 e. The second kappa shape index (κ2) is 11.7. The third-order valence-corrected chi connectivity index (χ3v) is 7.84. The Bertz CT molecular complexity index is 1640. The molecule has 0 spiro atoms. The first-order valence-corrected chi connectivity index (χ1v) is 13.9. The van der Waals surface area contributed by atoms with Gasteiger partial charge in [0, 0.05) is 13.1 Å². The number of carbonyl (C=O) groups excluding carboxylic acids is 2. The number of anilines is 4. The van der Waals surface area contributed by atoms with Crippen molar-refractivity contribution in [1.29, 1.82) is 0 Å². The van der Waals surface area contributed by atoms with Gasteiger partial charge in [0.1, 0.15) is 0 Å². The third kappa shape index (κ3) is 5.78. The molecular weight excluding hydrogens is 524 g/mol. The van der Waals surface area contributed by atoms with Gasteiger partial charge in [0.25, 0.3) is 0 Å². The molecule has 4 amide bonds. The highest BCUT2D eigenvalue weighted by atomic mass is 16.2. The van der Waals surface area contributed by atoms with Gasteiger partial charge in [-0.15, -0.1) is 0 Å². The number of carbonyl (C=O) groups is 2. The highest BCUT2D eigenvalue weighted by Crippen LogP contribution is 2.36. The van der Waals surface area contributed by atoms with E-state index in [9.17, 15) is 9.59 Å². The maximum atomic E-state index is 12.9. The van der Waals surface area contributed by atoms with Crippen LogP contribution in [0.2, 0.25) is 0 Å². The summed E-state index contributed by atoms with van der Waals surface area (Å²) in [6.45, 7) is 8.93. The Morgan fingerprint density at radius 1 is 0.548 bits per heavy atom. The van der Waals surface area contributed by atoms with Crippen LogP contribution in [0.1, 0.15) is 33.4 Å². The number of nitrogen functional groups attached to an aromatic ring is 2. The van der Waals surface area contributed by atoms with Crippen molar-refractivity contribution in [3.63, 3.8) is 0 Å². The van der Waals surface area contributed by atoms with Gasteiger partial charge in [-0.1, -0.05) is 48.5 Å². The molecule has 8 heteroatoms. The molecule has 8 N–H and O–H groups in total. The Labute approximate surface area is 245 Å². The summed E-state index contributed by atoms with van der Waals surface area (Å²) in [6, 6.07) is 22.3. The monoisotopic (exact) mass is 560 g/mol. The number of aryl methyl sites for hydroxylation is 4. The molecule has 0 aliphatic heterocycles. The summed E-state index contributed by atoms with van der Waals surface area (Å²) in [5.74, 6) is 0. The first kappa shape index (κ1) is 28.3. The zero-order valence-electron chi connectivity index (χ0n) is 24.3. The molecule has 0 saturated heterocycles. The molecule has 0 fully saturated rings. The summed E-state index contributed by atoms with van der Waals surface area (Å²) in [7, 11) is 0. The highest BCUT2D eigenvalue weighted by Gasteiger charge is 2.18. The van der Waals surface area contributed by atoms with Gasteiger partial charge in [-0.3, -0.25) is 0 Å². The van der Waals surface area contributed by atoms with Gasteiger partial charge >= 0.3 is 12.1 Å². The van der Waals surface area contributed by atoms with E-state index in [-0.39, 0.29) is 12.1 Å². The second-order valence-corrected chi connectivity index (χ2v) is 10.7. The molecule has 5 aromatic rings. The van der Waals surface area contributed by atoms with Crippen LogP contribution in [0.4, 0.5) is 32.3 Å². The van der Waals surface area contributed by atoms with E-state index in [4.69, 9.17) is 11.5 Å². The van der Waals surface area contributed by atoms with Gasteiger partial charge in [-0.05, 0) is 107 Å². The molecule has 0 bridgehead atoms. The molecule has 8 nitrogen and oxygen atoms in total.